The molecule has 2 aromatic carbocycles. The summed E-state index contributed by atoms with van der Waals surface area (Å²) in [5.41, 5.74) is 0.765. The van der Waals surface area contributed by atoms with Crippen LogP contribution in [-0.2, 0) is 34.3 Å². The summed E-state index contributed by atoms with van der Waals surface area (Å²) in [6.07, 6.45) is 0.729. The average molecular weight is 527 g/mol. The van der Waals surface area contributed by atoms with E-state index in [9.17, 15) is 26.4 Å². The molecule has 0 aliphatic heterocycles. The third-order valence-electron chi connectivity index (χ3n) is 4.99. The first-order chi connectivity index (χ1) is 16.5. The molecule has 12 heteroatoms. The van der Waals surface area contributed by atoms with Gasteiger partial charge in [-0.05, 0) is 57.4 Å². The predicted molar refractivity (Wildman–Crippen MR) is 129 cm³/mol. The van der Waals surface area contributed by atoms with Crippen molar-refractivity contribution < 1.29 is 35.9 Å². The first-order valence-electron chi connectivity index (χ1n) is 10.9. The molecule has 35 heavy (non-hydrogen) atoms. The SMILES string of the molecule is CCOC(=O)C(CCCCNS(=O)(=O)c1ccc(C)cc1)NS(=O)(=O)c1ccccc1C(=O)OC. The van der Waals surface area contributed by atoms with E-state index in [1.807, 2.05) is 6.92 Å². The summed E-state index contributed by atoms with van der Waals surface area (Å²) >= 11 is 0. The summed E-state index contributed by atoms with van der Waals surface area (Å²) in [5.74, 6) is -1.61. The molecule has 0 spiro atoms. The molecular formula is C23H30N2O8S2. The summed E-state index contributed by atoms with van der Waals surface area (Å²) < 4.78 is 65.1. The second-order valence-electron chi connectivity index (χ2n) is 7.62. The number of carbonyl (C=O) groups excluding carboxylic acids is 2. The Balaban J connectivity index is 2.04. The monoisotopic (exact) mass is 526 g/mol. The van der Waals surface area contributed by atoms with Crippen LogP contribution in [0.5, 0.6) is 0 Å². The van der Waals surface area contributed by atoms with E-state index in [-0.39, 0.29) is 34.9 Å². The Morgan fingerprint density at radius 2 is 1.60 bits per heavy atom. The maximum Gasteiger partial charge on any atom is 0.339 e. The third kappa shape index (κ3) is 8.13. The number of sulfonamides is 2. The molecule has 0 aliphatic rings. The van der Waals surface area contributed by atoms with Gasteiger partial charge in [0.15, 0.2) is 0 Å². The maximum absolute atomic E-state index is 13.0. The average Bonchev–Trinajstić information content (AvgIpc) is 2.83. The molecule has 192 valence electrons. The molecular weight excluding hydrogens is 496 g/mol. The number of esters is 2. The highest BCUT2D eigenvalue weighted by atomic mass is 32.2. The van der Waals surface area contributed by atoms with Crippen LogP contribution >= 0.6 is 0 Å². The van der Waals surface area contributed by atoms with Crippen LogP contribution < -0.4 is 9.44 Å². The highest BCUT2D eigenvalue weighted by Crippen LogP contribution is 2.18. The van der Waals surface area contributed by atoms with Crippen molar-refractivity contribution in [2.75, 3.05) is 20.3 Å². The number of benzene rings is 2. The molecule has 1 atom stereocenters. The number of carbonyl (C=O) groups is 2. The molecule has 0 bridgehead atoms. The van der Waals surface area contributed by atoms with E-state index < -0.39 is 38.0 Å². The van der Waals surface area contributed by atoms with Crippen molar-refractivity contribution in [1.82, 2.24) is 9.44 Å². The van der Waals surface area contributed by atoms with Gasteiger partial charge in [-0.3, -0.25) is 4.79 Å². The molecule has 0 amide bonds. The quantitative estimate of drug-likeness (QED) is 0.298. The molecule has 10 nitrogen and oxygen atoms in total. The topological polar surface area (TPSA) is 145 Å². The number of nitrogens with one attached hydrogen (secondary N) is 2. The van der Waals surface area contributed by atoms with Crippen molar-refractivity contribution in [1.29, 1.82) is 0 Å². The smallest absolute Gasteiger partial charge is 0.339 e. The van der Waals surface area contributed by atoms with Crippen LogP contribution in [0.2, 0.25) is 0 Å². The number of ether oxygens (including phenoxy) is 2. The van der Waals surface area contributed by atoms with Crippen LogP contribution in [-0.4, -0.2) is 55.1 Å². The summed E-state index contributed by atoms with van der Waals surface area (Å²) in [4.78, 5) is 24.2. The zero-order valence-corrected chi connectivity index (χ0v) is 21.4. The molecule has 1 unspecified atom stereocenters. The lowest BCUT2D eigenvalue weighted by atomic mass is 10.1. The van der Waals surface area contributed by atoms with Gasteiger partial charge in [0.25, 0.3) is 0 Å². The van der Waals surface area contributed by atoms with Crippen LogP contribution in [0.4, 0.5) is 0 Å². The van der Waals surface area contributed by atoms with Crippen molar-refractivity contribution in [2.45, 2.75) is 48.9 Å². The van der Waals surface area contributed by atoms with E-state index in [2.05, 4.69) is 14.2 Å². The standard InChI is InChI=1S/C23H30N2O8S2/c1-4-33-23(27)20(25-35(30,31)21-11-6-5-9-19(21)22(26)32-3)10-7-8-16-24-34(28,29)18-14-12-17(2)13-15-18/h5-6,9,11-15,20,24-25H,4,7-8,10,16H2,1-3H3. The van der Waals surface area contributed by atoms with Gasteiger partial charge in [0, 0.05) is 6.54 Å². The van der Waals surface area contributed by atoms with Gasteiger partial charge in [0.2, 0.25) is 20.0 Å². The van der Waals surface area contributed by atoms with Gasteiger partial charge in [-0.1, -0.05) is 29.8 Å². The van der Waals surface area contributed by atoms with Gasteiger partial charge in [0.1, 0.15) is 6.04 Å². The van der Waals surface area contributed by atoms with Crippen LogP contribution in [0.25, 0.3) is 0 Å². The zero-order chi connectivity index (χ0) is 26.1. The number of hydrogen-bond donors (Lipinski definition) is 2. The van der Waals surface area contributed by atoms with Gasteiger partial charge in [0.05, 0.1) is 29.1 Å². The molecule has 0 radical (unpaired) electrons. The molecule has 2 N–H and O–H groups in total. The van der Waals surface area contributed by atoms with Crippen LogP contribution in [0.3, 0.4) is 0 Å². The number of methoxy groups -OCH3 is 1. The van der Waals surface area contributed by atoms with E-state index in [0.717, 1.165) is 12.7 Å². The fourth-order valence-corrected chi connectivity index (χ4v) is 5.67. The van der Waals surface area contributed by atoms with E-state index in [4.69, 9.17) is 4.74 Å². The zero-order valence-electron chi connectivity index (χ0n) is 19.8. The second-order valence-corrected chi connectivity index (χ2v) is 11.1. The minimum absolute atomic E-state index is 0.0478. The molecule has 2 rings (SSSR count). The Kier molecular flexibility index (Phi) is 10.4. The van der Waals surface area contributed by atoms with E-state index >= 15 is 0 Å². The Bertz CT molecular complexity index is 1230. The lowest BCUT2D eigenvalue weighted by Crippen LogP contribution is -2.42. The molecule has 0 saturated heterocycles. The van der Waals surface area contributed by atoms with Crippen molar-refractivity contribution in [3.63, 3.8) is 0 Å². The van der Waals surface area contributed by atoms with Crippen molar-refractivity contribution >= 4 is 32.0 Å². The molecule has 2 aromatic rings. The van der Waals surface area contributed by atoms with Crippen molar-refractivity contribution in [2.24, 2.45) is 0 Å². The number of rotatable bonds is 13. The molecule has 0 saturated carbocycles. The normalized spacial score (nSPS) is 12.7. The second kappa shape index (κ2) is 12.8. The first-order valence-corrected chi connectivity index (χ1v) is 13.9. The summed E-state index contributed by atoms with van der Waals surface area (Å²) in [7, 11) is -6.82. The Labute approximate surface area is 206 Å². The maximum atomic E-state index is 13.0. The molecule has 0 aliphatic carbocycles. The van der Waals surface area contributed by atoms with Gasteiger partial charge >= 0.3 is 11.9 Å². The fourth-order valence-electron chi connectivity index (χ4n) is 3.18. The first kappa shape index (κ1) is 28.4. The fraction of sp³-hybridized carbons (Fsp3) is 0.391. The number of aryl methyl sites for hydroxylation is 1. The van der Waals surface area contributed by atoms with E-state index in [1.165, 1.54) is 36.4 Å². The Morgan fingerprint density at radius 3 is 2.23 bits per heavy atom. The lowest BCUT2D eigenvalue weighted by Gasteiger charge is -2.18. The van der Waals surface area contributed by atoms with Gasteiger partial charge in [-0.2, -0.15) is 4.72 Å². The highest BCUT2D eigenvalue weighted by Gasteiger charge is 2.29. The van der Waals surface area contributed by atoms with Gasteiger partial charge < -0.3 is 9.47 Å². The number of unbranched alkanes of at least 4 members (excludes halogenated alkanes) is 1. The summed E-state index contributed by atoms with van der Waals surface area (Å²) in [6, 6.07) is 10.7. The minimum Gasteiger partial charge on any atom is -0.465 e. The Morgan fingerprint density at radius 1 is 0.943 bits per heavy atom. The van der Waals surface area contributed by atoms with Crippen LogP contribution in [0, 0.1) is 6.92 Å². The van der Waals surface area contributed by atoms with Gasteiger partial charge in [-0.25, -0.2) is 26.4 Å². The Hall–Kier alpha value is -2.80. The minimum atomic E-state index is -4.28. The van der Waals surface area contributed by atoms with Crippen LogP contribution in [0.15, 0.2) is 58.3 Å². The lowest BCUT2D eigenvalue weighted by molar-refractivity contribution is -0.145. The van der Waals surface area contributed by atoms with Crippen molar-refractivity contribution in [3.05, 3.63) is 59.7 Å². The summed E-state index contributed by atoms with van der Waals surface area (Å²) in [5, 5.41) is 0. The van der Waals surface area contributed by atoms with E-state index in [0.29, 0.717) is 12.8 Å². The molecule has 0 fully saturated rings. The highest BCUT2D eigenvalue weighted by molar-refractivity contribution is 7.89. The summed E-state index contributed by atoms with van der Waals surface area (Å²) in [6.45, 7) is 3.60. The van der Waals surface area contributed by atoms with Crippen LogP contribution in [0.1, 0.15) is 42.1 Å². The largest absolute Gasteiger partial charge is 0.465 e. The third-order valence-corrected chi connectivity index (χ3v) is 8.00. The van der Waals surface area contributed by atoms with Crippen molar-refractivity contribution in [3.8, 4) is 0 Å². The van der Waals surface area contributed by atoms with Gasteiger partial charge in [-0.15, -0.1) is 0 Å². The van der Waals surface area contributed by atoms with E-state index in [1.54, 1.807) is 19.1 Å². The predicted octanol–water partition coefficient (Wildman–Crippen LogP) is 2.14. The molecule has 0 aromatic heterocycles. The molecule has 0 heterocycles. The number of hydrogen-bond acceptors (Lipinski definition) is 8.